The van der Waals surface area contributed by atoms with Gasteiger partial charge in [0.15, 0.2) is 5.69 Å². The van der Waals surface area contributed by atoms with Crippen LogP contribution in [0.1, 0.15) is 41.2 Å². The predicted molar refractivity (Wildman–Crippen MR) is 76.1 cm³/mol. The first-order chi connectivity index (χ1) is 9.38. The number of carbonyl (C=O) groups is 1. The highest BCUT2D eigenvalue weighted by Crippen LogP contribution is 2.16. The highest BCUT2D eigenvalue weighted by molar-refractivity contribution is 5.88. The number of aryl methyl sites for hydroxylation is 2. The third kappa shape index (κ3) is 2.87. The van der Waals surface area contributed by atoms with Gasteiger partial charge in [0.1, 0.15) is 0 Å². The number of hydrogen-bond donors (Lipinski definition) is 0. The number of esters is 1. The first-order valence-electron chi connectivity index (χ1n) is 6.60. The monoisotopic (exact) mass is 273 g/mol. The molecule has 0 fully saturated rings. The van der Waals surface area contributed by atoms with Crippen molar-refractivity contribution in [3.63, 3.8) is 0 Å². The number of rotatable bonds is 3. The summed E-state index contributed by atoms with van der Waals surface area (Å²) in [6.45, 7) is 9.48. The van der Waals surface area contributed by atoms with Crippen molar-refractivity contribution in [1.29, 1.82) is 0 Å². The summed E-state index contributed by atoms with van der Waals surface area (Å²) in [6.07, 6.45) is -0.173. The van der Waals surface area contributed by atoms with Gasteiger partial charge in [0.25, 0.3) is 0 Å². The van der Waals surface area contributed by atoms with E-state index in [2.05, 4.69) is 16.4 Å². The molecular formula is C15H19N3O2. The highest BCUT2D eigenvalue weighted by atomic mass is 16.5. The summed E-state index contributed by atoms with van der Waals surface area (Å²) in [4.78, 5) is 11.9. The van der Waals surface area contributed by atoms with Crippen LogP contribution < -0.4 is 0 Å². The standard InChI is InChI=1S/C15H19N3O2/c1-9(2)20-15(19)14-12(5)18(17-16-14)13-7-10(3)6-11(4)8-13/h6-9H,1-5H3. The van der Waals surface area contributed by atoms with Gasteiger partial charge in [0, 0.05) is 0 Å². The number of aromatic nitrogens is 3. The Kier molecular flexibility index (Phi) is 3.88. The molecule has 0 bridgehead atoms. The lowest BCUT2D eigenvalue weighted by Crippen LogP contribution is -2.13. The van der Waals surface area contributed by atoms with Gasteiger partial charge in [-0.2, -0.15) is 0 Å². The molecule has 2 rings (SSSR count). The zero-order valence-electron chi connectivity index (χ0n) is 12.5. The maximum Gasteiger partial charge on any atom is 0.361 e. The zero-order chi connectivity index (χ0) is 14.9. The van der Waals surface area contributed by atoms with E-state index >= 15 is 0 Å². The van der Waals surface area contributed by atoms with Gasteiger partial charge in [0.05, 0.1) is 17.5 Å². The molecule has 20 heavy (non-hydrogen) atoms. The largest absolute Gasteiger partial charge is 0.458 e. The molecule has 0 saturated heterocycles. The molecule has 0 amide bonds. The Hall–Kier alpha value is -2.17. The molecule has 0 radical (unpaired) electrons. The van der Waals surface area contributed by atoms with Crippen LogP contribution in [-0.4, -0.2) is 27.1 Å². The van der Waals surface area contributed by atoms with Crippen LogP contribution in [0.25, 0.3) is 5.69 Å². The van der Waals surface area contributed by atoms with E-state index in [1.54, 1.807) is 4.68 Å². The second-order valence-corrected chi connectivity index (χ2v) is 5.24. The number of ether oxygens (including phenoxy) is 1. The number of benzene rings is 1. The van der Waals surface area contributed by atoms with Crippen molar-refractivity contribution in [2.45, 2.75) is 40.7 Å². The number of nitrogens with zero attached hydrogens (tertiary/aromatic N) is 3. The van der Waals surface area contributed by atoms with E-state index < -0.39 is 5.97 Å². The summed E-state index contributed by atoms with van der Waals surface area (Å²) in [7, 11) is 0. The van der Waals surface area contributed by atoms with Crippen molar-refractivity contribution in [2.75, 3.05) is 0 Å². The average Bonchev–Trinajstić information content (AvgIpc) is 2.68. The van der Waals surface area contributed by atoms with Gasteiger partial charge < -0.3 is 4.74 Å². The molecule has 0 atom stereocenters. The SMILES string of the molecule is Cc1cc(C)cc(-n2nnc(C(=O)OC(C)C)c2C)c1. The van der Waals surface area contributed by atoms with Crippen LogP contribution >= 0.6 is 0 Å². The minimum atomic E-state index is -0.437. The minimum Gasteiger partial charge on any atom is -0.458 e. The predicted octanol–water partition coefficient (Wildman–Crippen LogP) is 2.76. The molecule has 1 heterocycles. The maximum atomic E-state index is 11.9. The number of carbonyl (C=O) groups excluding carboxylic acids is 1. The van der Waals surface area contributed by atoms with Gasteiger partial charge in [-0.25, -0.2) is 9.48 Å². The van der Waals surface area contributed by atoms with E-state index in [0.29, 0.717) is 5.69 Å². The Bertz CT molecular complexity index is 624. The van der Waals surface area contributed by atoms with Crippen molar-refractivity contribution in [1.82, 2.24) is 15.0 Å². The second-order valence-electron chi connectivity index (χ2n) is 5.24. The van der Waals surface area contributed by atoms with E-state index in [1.807, 2.05) is 46.8 Å². The van der Waals surface area contributed by atoms with E-state index in [9.17, 15) is 4.79 Å². The summed E-state index contributed by atoms with van der Waals surface area (Å²) in [5.41, 5.74) is 4.12. The molecule has 0 aliphatic rings. The van der Waals surface area contributed by atoms with Crippen LogP contribution in [0.3, 0.4) is 0 Å². The second kappa shape index (κ2) is 5.45. The van der Waals surface area contributed by atoms with E-state index in [0.717, 1.165) is 16.8 Å². The maximum absolute atomic E-state index is 11.9. The molecule has 106 valence electrons. The first-order valence-corrected chi connectivity index (χ1v) is 6.60. The van der Waals surface area contributed by atoms with E-state index in [1.165, 1.54) is 0 Å². The molecule has 0 aliphatic carbocycles. The summed E-state index contributed by atoms with van der Waals surface area (Å²) < 4.78 is 6.82. The topological polar surface area (TPSA) is 57.0 Å². The highest BCUT2D eigenvalue weighted by Gasteiger charge is 2.19. The van der Waals surface area contributed by atoms with Gasteiger partial charge in [-0.15, -0.1) is 5.10 Å². The number of hydrogen-bond acceptors (Lipinski definition) is 4. The van der Waals surface area contributed by atoms with Crippen LogP contribution in [0, 0.1) is 20.8 Å². The van der Waals surface area contributed by atoms with Crippen molar-refractivity contribution in [2.24, 2.45) is 0 Å². The Morgan fingerprint density at radius 1 is 1.15 bits per heavy atom. The Morgan fingerprint density at radius 2 is 1.75 bits per heavy atom. The zero-order valence-corrected chi connectivity index (χ0v) is 12.5. The molecule has 5 heteroatoms. The summed E-state index contributed by atoms with van der Waals surface area (Å²) in [6, 6.07) is 6.10. The van der Waals surface area contributed by atoms with E-state index in [4.69, 9.17) is 4.74 Å². The summed E-state index contributed by atoms with van der Waals surface area (Å²) >= 11 is 0. The molecule has 5 nitrogen and oxygen atoms in total. The van der Waals surface area contributed by atoms with Crippen molar-refractivity contribution >= 4 is 5.97 Å². The van der Waals surface area contributed by atoms with Gasteiger partial charge in [-0.05, 0) is 57.9 Å². The molecule has 0 N–H and O–H groups in total. The Morgan fingerprint density at radius 3 is 2.30 bits per heavy atom. The lowest BCUT2D eigenvalue weighted by Gasteiger charge is -2.08. The van der Waals surface area contributed by atoms with Gasteiger partial charge in [-0.3, -0.25) is 0 Å². The molecule has 0 aliphatic heterocycles. The molecule has 0 saturated carbocycles. The lowest BCUT2D eigenvalue weighted by molar-refractivity contribution is 0.0370. The van der Waals surface area contributed by atoms with Crippen molar-refractivity contribution < 1.29 is 9.53 Å². The summed E-state index contributed by atoms with van der Waals surface area (Å²) in [5, 5.41) is 8.01. The molecule has 1 aromatic heterocycles. The van der Waals surface area contributed by atoms with Crippen LogP contribution in [0.4, 0.5) is 0 Å². The fraction of sp³-hybridized carbons (Fsp3) is 0.400. The minimum absolute atomic E-state index is 0.173. The van der Waals surface area contributed by atoms with Crippen molar-refractivity contribution in [3.8, 4) is 5.69 Å². The van der Waals surface area contributed by atoms with Crippen LogP contribution in [0.2, 0.25) is 0 Å². The molecule has 1 aromatic carbocycles. The average molecular weight is 273 g/mol. The van der Waals surface area contributed by atoms with Gasteiger partial charge in [-0.1, -0.05) is 11.3 Å². The van der Waals surface area contributed by atoms with Gasteiger partial charge in [0.2, 0.25) is 0 Å². The normalized spacial score (nSPS) is 10.9. The van der Waals surface area contributed by atoms with Crippen molar-refractivity contribution in [3.05, 3.63) is 40.7 Å². The third-order valence-corrected chi connectivity index (χ3v) is 2.88. The first kappa shape index (κ1) is 14.2. The quantitative estimate of drug-likeness (QED) is 0.807. The third-order valence-electron chi connectivity index (χ3n) is 2.88. The lowest BCUT2D eigenvalue weighted by atomic mass is 10.1. The summed E-state index contributed by atoms with van der Waals surface area (Å²) in [5.74, 6) is -0.437. The Balaban J connectivity index is 2.40. The molecule has 2 aromatic rings. The molecule has 0 unspecified atom stereocenters. The fourth-order valence-corrected chi connectivity index (χ4v) is 2.11. The van der Waals surface area contributed by atoms with Crippen LogP contribution in [0.5, 0.6) is 0 Å². The fourth-order valence-electron chi connectivity index (χ4n) is 2.11. The van der Waals surface area contributed by atoms with Gasteiger partial charge >= 0.3 is 5.97 Å². The van der Waals surface area contributed by atoms with Crippen LogP contribution in [-0.2, 0) is 4.74 Å². The smallest absolute Gasteiger partial charge is 0.361 e. The molecular weight excluding hydrogens is 254 g/mol. The Labute approximate surface area is 118 Å². The molecule has 0 spiro atoms. The van der Waals surface area contributed by atoms with E-state index in [-0.39, 0.29) is 11.8 Å². The van der Waals surface area contributed by atoms with Crippen LogP contribution in [0.15, 0.2) is 18.2 Å².